The summed E-state index contributed by atoms with van der Waals surface area (Å²) < 4.78 is 10.9. The molecule has 166 valence electrons. The average Bonchev–Trinajstić information content (AvgIpc) is 3.27. The molecule has 1 aliphatic carbocycles. The van der Waals surface area contributed by atoms with Gasteiger partial charge in [-0.1, -0.05) is 37.0 Å². The van der Waals surface area contributed by atoms with Crippen molar-refractivity contribution in [3.8, 4) is 11.5 Å². The van der Waals surface area contributed by atoms with E-state index in [-0.39, 0.29) is 30.7 Å². The van der Waals surface area contributed by atoms with Crippen molar-refractivity contribution in [2.24, 2.45) is 5.92 Å². The number of hydrogen-bond donors (Lipinski definition) is 1. The summed E-state index contributed by atoms with van der Waals surface area (Å²) in [5.41, 5.74) is 3.37. The van der Waals surface area contributed by atoms with Gasteiger partial charge in [-0.25, -0.2) is 0 Å². The van der Waals surface area contributed by atoms with Crippen LogP contribution in [0.5, 0.6) is 11.5 Å². The van der Waals surface area contributed by atoms with Crippen molar-refractivity contribution in [2.75, 3.05) is 6.79 Å². The quantitative estimate of drug-likeness (QED) is 0.636. The van der Waals surface area contributed by atoms with E-state index in [1.54, 1.807) is 0 Å². The Morgan fingerprint density at radius 3 is 2.66 bits per heavy atom. The second-order valence-corrected chi connectivity index (χ2v) is 8.93. The van der Waals surface area contributed by atoms with Crippen LogP contribution < -0.4 is 15.0 Å². The molecule has 1 fully saturated rings. The molecule has 6 heteroatoms. The van der Waals surface area contributed by atoms with Crippen LogP contribution in [0, 0.1) is 12.8 Å². The van der Waals surface area contributed by atoms with Crippen LogP contribution in [0.3, 0.4) is 0 Å². The van der Waals surface area contributed by atoms with Crippen molar-refractivity contribution in [1.29, 1.82) is 0 Å². The van der Waals surface area contributed by atoms with Crippen molar-refractivity contribution in [3.05, 3.63) is 69.5 Å². The smallest absolute Gasteiger partial charge is 0.253 e. The fraction of sp³-hybridized carbons (Fsp3) is 0.385. The van der Waals surface area contributed by atoms with Gasteiger partial charge in [-0.05, 0) is 61.0 Å². The van der Waals surface area contributed by atoms with Crippen LogP contribution in [-0.4, -0.2) is 22.6 Å². The molecule has 6 nitrogen and oxygen atoms in total. The first-order valence-corrected chi connectivity index (χ1v) is 11.4. The molecule has 32 heavy (non-hydrogen) atoms. The van der Waals surface area contributed by atoms with Crippen LogP contribution in [0.1, 0.15) is 48.8 Å². The van der Waals surface area contributed by atoms with Gasteiger partial charge in [0, 0.05) is 23.5 Å². The van der Waals surface area contributed by atoms with E-state index in [1.807, 2.05) is 48.2 Å². The lowest BCUT2D eigenvalue weighted by atomic mass is 9.88. The highest BCUT2D eigenvalue weighted by Gasteiger charge is 2.27. The summed E-state index contributed by atoms with van der Waals surface area (Å²) in [4.78, 5) is 31.2. The van der Waals surface area contributed by atoms with Crippen molar-refractivity contribution < 1.29 is 14.3 Å². The van der Waals surface area contributed by atoms with Crippen LogP contribution in [0.25, 0.3) is 10.9 Å². The Labute approximate surface area is 187 Å². The molecular weight excluding hydrogens is 404 g/mol. The molecule has 2 aliphatic rings. The molecule has 0 bridgehead atoms. The number of ether oxygens (including phenoxy) is 2. The van der Waals surface area contributed by atoms with Gasteiger partial charge in [-0.3, -0.25) is 9.59 Å². The average molecular weight is 433 g/mol. The number of fused-ring (bicyclic) bond motifs is 2. The maximum Gasteiger partial charge on any atom is 0.253 e. The second-order valence-electron chi connectivity index (χ2n) is 8.93. The number of H-pyrrole nitrogens is 1. The van der Waals surface area contributed by atoms with Gasteiger partial charge in [0.1, 0.15) is 0 Å². The van der Waals surface area contributed by atoms with Gasteiger partial charge in [-0.2, -0.15) is 0 Å². The summed E-state index contributed by atoms with van der Waals surface area (Å²) in [5.74, 6) is 1.58. The van der Waals surface area contributed by atoms with Crippen molar-refractivity contribution in [3.63, 3.8) is 0 Å². The van der Waals surface area contributed by atoms with Gasteiger partial charge in [0.05, 0.1) is 6.54 Å². The van der Waals surface area contributed by atoms with E-state index >= 15 is 0 Å². The predicted molar refractivity (Wildman–Crippen MR) is 123 cm³/mol. The molecule has 1 saturated carbocycles. The Kier molecular flexibility index (Phi) is 5.60. The summed E-state index contributed by atoms with van der Waals surface area (Å²) in [6.07, 6.45) is 5.21. The first-order chi connectivity index (χ1) is 15.6. The van der Waals surface area contributed by atoms with Crippen LogP contribution in [0.2, 0.25) is 0 Å². The number of rotatable bonds is 5. The fourth-order valence-corrected chi connectivity index (χ4v) is 4.77. The lowest BCUT2D eigenvalue weighted by Crippen LogP contribution is -2.37. The van der Waals surface area contributed by atoms with E-state index in [9.17, 15) is 9.59 Å². The third-order valence-corrected chi connectivity index (χ3v) is 6.51. The van der Waals surface area contributed by atoms with Gasteiger partial charge in [0.15, 0.2) is 11.5 Å². The SMILES string of the molecule is Cc1ccc2[nH]c(=O)c(CN(Cc3ccc4c(c3)OCO4)C(=O)C3CCCCC3)cc2c1. The largest absolute Gasteiger partial charge is 0.454 e. The van der Waals surface area contributed by atoms with E-state index in [0.717, 1.165) is 53.5 Å². The minimum Gasteiger partial charge on any atom is -0.454 e. The minimum absolute atomic E-state index is 0.0274. The normalized spacial score (nSPS) is 15.8. The van der Waals surface area contributed by atoms with E-state index in [4.69, 9.17) is 9.47 Å². The monoisotopic (exact) mass is 432 g/mol. The van der Waals surface area contributed by atoms with Crippen molar-refractivity contribution in [2.45, 2.75) is 52.1 Å². The number of nitrogens with zero attached hydrogens (tertiary/aromatic N) is 1. The van der Waals surface area contributed by atoms with E-state index < -0.39 is 0 Å². The molecule has 0 atom stereocenters. The number of aromatic nitrogens is 1. The molecule has 1 aromatic heterocycles. The number of carbonyl (C=O) groups excluding carboxylic acids is 1. The second kappa shape index (κ2) is 8.69. The number of pyridine rings is 1. The minimum atomic E-state index is -0.145. The molecule has 0 spiro atoms. The maximum atomic E-state index is 13.5. The van der Waals surface area contributed by atoms with E-state index in [0.29, 0.717) is 17.9 Å². The molecule has 0 saturated heterocycles. The number of aryl methyl sites for hydroxylation is 1. The Hall–Kier alpha value is -3.28. The van der Waals surface area contributed by atoms with Crippen LogP contribution in [0.15, 0.2) is 47.3 Å². The number of carbonyl (C=O) groups is 1. The number of amides is 1. The summed E-state index contributed by atoms with van der Waals surface area (Å²) in [6.45, 7) is 2.96. The van der Waals surface area contributed by atoms with E-state index in [2.05, 4.69) is 11.1 Å². The molecule has 1 amide bonds. The van der Waals surface area contributed by atoms with Crippen LogP contribution in [-0.2, 0) is 17.9 Å². The molecule has 5 rings (SSSR count). The number of hydrogen-bond acceptors (Lipinski definition) is 4. The first kappa shape index (κ1) is 20.6. The number of benzene rings is 2. The molecule has 0 radical (unpaired) electrons. The van der Waals surface area contributed by atoms with Gasteiger partial charge in [0.25, 0.3) is 5.56 Å². The van der Waals surface area contributed by atoms with Crippen molar-refractivity contribution in [1.82, 2.24) is 9.88 Å². The molecule has 2 heterocycles. The van der Waals surface area contributed by atoms with Gasteiger partial charge < -0.3 is 19.4 Å². The summed E-state index contributed by atoms with van der Waals surface area (Å²) >= 11 is 0. The molecular formula is C26H28N2O4. The zero-order chi connectivity index (χ0) is 22.1. The highest BCUT2D eigenvalue weighted by Crippen LogP contribution is 2.33. The first-order valence-electron chi connectivity index (χ1n) is 11.4. The summed E-state index contributed by atoms with van der Waals surface area (Å²) in [7, 11) is 0. The third kappa shape index (κ3) is 4.22. The van der Waals surface area contributed by atoms with Crippen LogP contribution >= 0.6 is 0 Å². The zero-order valence-corrected chi connectivity index (χ0v) is 18.4. The molecule has 0 unspecified atom stereocenters. The van der Waals surface area contributed by atoms with Gasteiger partial charge in [-0.15, -0.1) is 0 Å². The molecule has 1 N–H and O–H groups in total. The molecule has 3 aromatic rings. The number of nitrogens with one attached hydrogen (secondary N) is 1. The highest BCUT2D eigenvalue weighted by atomic mass is 16.7. The van der Waals surface area contributed by atoms with Gasteiger partial charge >= 0.3 is 0 Å². The van der Waals surface area contributed by atoms with Crippen molar-refractivity contribution >= 4 is 16.8 Å². The molecule has 2 aromatic carbocycles. The third-order valence-electron chi connectivity index (χ3n) is 6.51. The summed E-state index contributed by atoms with van der Waals surface area (Å²) in [6, 6.07) is 13.7. The highest BCUT2D eigenvalue weighted by molar-refractivity contribution is 5.81. The Bertz CT molecular complexity index is 1210. The topological polar surface area (TPSA) is 71.6 Å². The van der Waals surface area contributed by atoms with E-state index in [1.165, 1.54) is 6.42 Å². The number of aromatic amines is 1. The lowest BCUT2D eigenvalue weighted by Gasteiger charge is -2.29. The fourth-order valence-electron chi connectivity index (χ4n) is 4.77. The predicted octanol–water partition coefficient (Wildman–Crippen LogP) is 4.67. The Morgan fingerprint density at radius 1 is 1.00 bits per heavy atom. The Balaban J connectivity index is 1.46. The summed E-state index contributed by atoms with van der Waals surface area (Å²) in [5, 5.41) is 0.979. The molecule has 1 aliphatic heterocycles. The Morgan fingerprint density at radius 2 is 1.81 bits per heavy atom. The van der Waals surface area contributed by atoms with Crippen LogP contribution in [0.4, 0.5) is 0 Å². The van der Waals surface area contributed by atoms with Gasteiger partial charge in [0.2, 0.25) is 12.7 Å². The standard InChI is InChI=1S/C26H28N2O4/c1-17-7-9-22-20(11-17)13-21(25(29)27-22)15-28(26(30)19-5-3-2-4-6-19)14-18-8-10-23-24(12-18)32-16-31-23/h7-13,19H,2-6,14-16H2,1H3,(H,27,29). The zero-order valence-electron chi connectivity index (χ0n) is 18.4. The maximum absolute atomic E-state index is 13.5. The lowest BCUT2D eigenvalue weighted by molar-refractivity contribution is -0.137.